The van der Waals surface area contributed by atoms with Gasteiger partial charge in [0.15, 0.2) is 0 Å². The molecule has 0 heterocycles. The average Bonchev–Trinajstić information content (AvgIpc) is 2.83. The second-order valence-electron chi connectivity index (χ2n) is 8.67. The average molecular weight is 397 g/mol. The van der Waals surface area contributed by atoms with Gasteiger partial charge in [-0.3, -0.25) is 0 Å². The molecular formula is C19H31F3O3S. The number of halogens is 3. The monoisotopic (exact) mass is 396 g/mol. The van der Waals surface area contributed by atoms with E-state index in [2.05, 4.69) is 31.9 Å². The van der Waals surface area contributed by atoms with Gasteiger partial charge in [0, 0.05) is 5.92 Å². The van der Waals surface area contributed by atoms with Crippen molar-refractivity contribution >= 4 is 10.1 Å². The number of allylic oxidation sites excluding steroid dienone is 2. The highest BCUT2D eigenvalue weighted by molar-refractivity contribution is 7.87. The highest BCUT2D eigenvalue weighted by Gasteiger charge is 2.54. The SMILES string of the molecule is CC(C)CCCC(C)[C@H]1CC[C@H]2C(OS(=O)(=O)C(F)(F)F)=CCC[C@]12C. The lowest BCUT2D eigenvalue weighted by atomic mass is 9.63. The molecule has 0 aliphatic heterocycles. The van der Waals surface area contributed by atoms with Gasteiger partial charge in [0.1, 0.15) is 5.76 Å². The summed E-state index contributed by atoms with van der Waals surface area (Å²) in [5, 5.41) is 0. The first-order chi connectivity index (χ1) is 11.9. The number of rotatable bonds is 7. The maximum absolute atomic E-state index is 12.7. The lowest BCUT2D eigenvalue weighted by Crippen LogP contribution is -2.37. The normalized spacial score (nSPS) is 30.8. The zero-order valence-corrected chi connectivity index (χ0v) is 16.9. The molecule has 2 aliphatic carbocycles. The van der Waals surface area contributed by atoms with Gasteiger partial charge in [-0.2, -0.15) is 21.6 Å². The van der Waals surface area contributed by atoms with Crippen LogP contribution in [0, 0.1) is 29.1 Å². The molecule has 2 aliphatic rings. The minimum atomic E-state index is -5.59. The summed E-state index contributed by atoms with van der Waals surface area (Å²) >= 11 is 0. The standard InChI is InChI=1S/C19H31F3O3S/c1-13(2)7-5-8-14(3)15-10-11-16-17(9-6-12-18(15,16)4)25-26(23,24)19(20,21)22/h9,13-16H,5-8,10-12H2,1-4H3/t14?,15-,16+,18-/m1/s1. The number of hydrogen-bond acceptors (Lipinski definition) is 3. The summed E-state index contributed by atoms with van der Waals surface area (Å²) < 4.78 is 65.6. The molecule has 152 valence electrons. The zero-order chi connectivity index (χ0) is 19.8. The predicted octanol–water partition coefficient (Wildman–Crippen LogP) is 6.03. The van der Waals surface area contributed by atoms with Gasteiger partial charge >= 0.3 is 15.6 Å². The van der Waals surface area contributed by atoms with Crippen LogP contribution in [0.5, 0.6) is 0 Å². The van der Waals surface area contributed by atoms with Gasteiger partial charge in [-0.15, -0.1) is 0 Å². The van der Waals surface area contributed by atoms with E-state index in [-0.39, 0.29) is 17.1 Å². The van der Waals surface area contributed by atoms with Crippen molar-refractivity contribution < 1.29 is 25.8 Å². The maximum Gasteiger partial charge on any atom is 0.534 e. The highest BCUT2D eigenvalue weighted by Crippen LogP contribution is 2.59. The van der Waals surface area contributed by atoms with Gasteiger partial charge in [-0.25, -0.2) is 0 Å². The molecule has 0 bridgehead atoms. The van der Waals surface area contributed by atoms with Crippen LogP contribution in [0.1, 0.15) is 72.6 Å². The summed E-state index contributed by atoms with van der Waals surface area (Å²) in [6, 6.07) is 0. The van der Waals surface area contributed by atoms with Crippen LogP contribution in [0.15, 0.2) is 11.8 Å². The lowest BCUT2D eigenvalue weighted by Gasteiger charge is -2.42. The van der Waals surface area contributed by atoms with Gasteiger partial charge in [-0.05, 0) is 54.9 Å². The van der Waals surface area contributed by atoms with Crippen molar-refractivity contribution in [3.8, 4) is 0 Å². The minimum absolute atomic E-state index is 0.00737. The molecule has 2 rings (SSSR count). The van der Waals surface area contributed by atoms with E-state index in [9.17, 15) is 21.6 Å². The van der Waals surface area contributed by atoms with Gasteiger partial charge in [-0.1, -0.05) is 47.0 Å². The first-order valence-corrected chi connectivity index (χ1v) is 11.0. The third kappa shape index (κ3) is 4.39. The summed E-state index contributed by atoms with van der Waals surface area (Å²) in [5.41, 5.74) is -5.58. The van der Waals surface area contributed by atoms with Gasteiger partial charge in [0.2, 0.25) is 0 Å². The Kier molecular flexibility index (Phi) is 6.41. The van der Waals surface area contributed by atoms with Gasteiger partial charge in [0.25, 0.3) is 0 Å². The topological polar surface area (TPSA) is 43.4 Å². The fraction of sp³-hybridized carbons (Fsp3) is 0.895. The van der Waals surface area contributed by atoms with Crippen LogP contribution in [0.2, 0.25) is 0 Å². The Labute approximate surface area is 155 Å². The molecule has 1 saturated carbocycles. The summed E-state index contributed by atoms with van der Waals surface area (Å²) in [5.74, 6) is 1.29. The highest BCUT2D eigenvalue weighted by atomic mass is 32.2. The minimum Gasteiger partial charge on any atom is -0.381 e. The van der Waals surface area contributed by atoms with Crippen molar-refractivity contribution in [3.05, 3.63) is 11.8 Å². The summed E-state index contributed by atoms with van der Waals surface area (Å²) in [6.07, 6.45) is 8.01. The Morgan fingerprint density at radius 2 is 1.88 bits per heavy atom. The molecule has 7 heteroatoms. The molecule has 0 aromatic carbocycles. The first kappa shape index (κ1) is 21.6. The second kappa shape index (κ2) is 7.72. The van der Waals surface area contributed by atoms with E-state index in [1.807, 2.05) is 0 Å². The van der Waals surface area contributed by atoms with Crippen LogP contribution in [-0.2, 0) is 14.3 Å². The molecule has 0 N–H and O–H groups in total. The fourth-order valence-electron chi connectivity index (χ4n) is 5.01. The van der Waals surface area contributed by atoms with Crippen molar-refractivity contribution in [3.63, 3.8) is 0 Å². The summed E-state index contributed by atoms with van der Waals surface area (Å²) in [4.78, 5) is 0. The lowest BCUT2D eigenvalue weighted by molar-refractivity contribution is -0.0536. The van der Waals surface area contributed by atoms with E-state index < -0.39 is 15.6 Å². The molecule has 0 amide bonds. The molecule has 1 fully saturated rings. The van der Waals surface area contributed by atoms with Crippen LogP contribution in [0.4, 0.5) is 13.2 Å². The van der Waals surface area contributed by atoms with Crippen molar-refractivity contribution in [2.75, 3.05) is 0 Å². The molecule has 0 spiro atoms. The number of hydrogen-bond donors (Lipinski definition) is 0. The smallest absolute Gasteiger partial charge is 0.381 e. The Morgan fingerprint density at radius 1 is 1.23 bits per heavy atom. The number of alkyl halides is 3. The molecule has 0 aromatic rings. The molecule has 0 aromatic heterocycles. The third-order valence-electron chi connectivity index (χ3n) is 6.40. The first-order valence-electron chi connectivity index (χ1n) is 9.59. The Balaban J connectivity index is 2.11. The Bertz CT molecular complexity index is 624. The van der Waals surface area contributed by atoms with Crippen molar-refractivity contribution in [2.24, 2.45) is 29.1 Å². The third-order valence-corrected chi connectivity index (χ3v) is 7.38. The van der Waals surface area contributed by atoms with E-state index in [0.717, 1.165) is 25.7 Å². The summed E-state index contributed by atoms with van der Waals surface area (Å²) in [6.45, 7) is 8.73. The van der Waals surface area contributed by atoms with Gasteiger partial charge < -0.3 is 4.18 Å². The molecule has 1 unspecified atom stereocenters. The molecule has 26 heavy (non-hydrogen) atoms. The van der Waals surface area contributed by atoms with Gasteiger partial charge in [0.05, 0.1) is 0 Å². The Hall–Kier alpha value is -0.720. The second-order valence-corrected chi connectivity index (χ2v) is 10.2. The van der Waals surface area contributed by atoms with Crippen molar-refractivity contribution in [1.29, 1.82) is 0 Å². The molecule has 4 atom stereocenters. The number of fused-ring (bicyclic) bond motifs is 1. The summed E-state index contributed by atoms with van der Waals surface area (Å²) in [7, 11) is -5.59. The van der Waals surface area contributed by atoms with E-state index in [1.54, 1.807) is 6.08 Å². The zero-order valence-electron chi connectivity index (χ0n) is 16.1. The van der Waals surface area contributed by atoms with Crippen molar-refractivity contribution in [1.82, 2.24) is 0 Å². The molecule has 0 radical (unpaired) electrons. The van der Waals surface area contributed by atoms with Crippen LogP contribution in [-0.4, -0.2) is 13.9 Å². The van der Waals surface area contributed by atoms with Crippen LogP contribution in [0.3, 0.4) is 0 Å². The quantitative estimate of drug-likeness (QED) is 0.390. The van der Waals surface area contributed by atoms with Crippen molar-refractivity contribution in [2.45, 2.75) is 78.1 Å². The van der Waals surface area contributed by atoms with E-state index in [0.29, 0.717) is 30.6 Å². The molecule has 0 saturated heterocycles. The Morgan fingerprint density at radius 3 is 2.46 bits per heavy atom. The maximum atomic E-state index is 12.7. The molecular weight excluding hydrogens is 365 g/mol. The van der Waals surface area contributed by atoms with Crippen LogP contribution in [0.25, 0.3) is 0 Å². The van der Waals surface area contributed by atoms with E-state index >= 15 is 0 Å². The largest absolute Gasteiger partial charge is 0.534 e. The van der Waals surface area contributed by atoms with E-state index in [1.165, 1.54) is 6.42 Å². The van der Waals surface area contributed by atoms with Crippen LogP contribution < -0.4 is 0 Å². The predicted molar refractivity (Wildman–Crippen MR) is 95.6 cm³/mol. The fourth-order valence-corrected chi connectivity index (χ4v) is 5.54. The van der Waals surface area contributed by atoms with Crippen LogP contribution >= 0.6 is 0 Å². The molecule has 3 nitrogen and oxygen atoms in total. The van der Waals surface area contributed by atoms with E-state index in [4.69, 9.17) is 0 Å².